The minimum Gasteiger partial charge on any atom is -0.456 e. The lowest BCUT2D eigenvalue weighted by Gasteiger charge is -2.08. The number of nitrogens with one attached hydrogen (secondary N) is 3. The van der Waals surface area contributed by atoms with Gasteiger partial charge in [-0.15, -0.1) is 0 Å². The van der Waals surface area contributed by atoms with Gasteiger partial charge in [-0.1, -0.05) is 48.5 Å². The quantitative estimate of drug-likeness (QED) is 0.294. The highest BCUT2D eigenvalue weighted by molar-refractivity contribution is 6.04. The minimum atomic E-state index is -0.583. The molecular weight excluding hydrogens is 460 g/mol. The monoisotopic (exact) mass is 488 g/mol. The summed E-state index contributed by atoms with van der Waals surface area (Å²) in [6.07, 6.45) is -0.0636. The second-order valence-corrected chi connectivity index (χ2v) is 8.35. The van der Waals surface area contributed by atoms with Crippen molar-refractivity contribution < 1.29 is 19.1 Å². The first-order chi connectivity index (χ1) is 17.4. The fourth-order valence-electron chi connectivity index (χ4n) is 3.85. The summed E-state index contributed by atoms with van der Waals surface area (Å²) in [5, 5.41) is 17.5. The molecule has 0 saturated carbocycles. The van der Waals surface area contributed by atoms with E-state index in [0.29, 0.717) is 11.9 Å². The third-order valence-electron chi connectivity index (χ3n) is 5.83. The highest BCUT2D eigenvalue weighted by Crippen LogP contribution is 2.15. The zero-order chi connectivity index (χ0) is 25.5. The lowest BCUT2D eigenvalue weighted by Crippen LogP contribution is -2.30. The van der Waals surface area contributed by atoms with Crippen LogP contribution in [0.4, 0.5) is 0 Å². The van der Waals surface area contributed by atoms with Crippen molar-refractivity contribution in [3.05, 3.63) is 82.8 Å². The van der Waals surface area contributed by atoms with E-state index in [1.54, 1.807) is 6.07 Å². The summed E-state index contributed by atoms with van der Waals surface area (Å²) in [6.45, 7) is 4.47. The van der Waals surface area contributed by atoms with Crippen molar-refractivity contribution in [3.63, 3.8) is 0 Å². The zero-order valence-electron chi connectivity index (χ0n) is 20.2. The molecule has 10 nitrogen and oxygen atoms in total. The number of para-hydroxylation sites is 1. The summed E-state index contributed by atoms with van der Waals surface area (Å²) in [5.41, 5.74) is 4.88. The molecule has 0 unspecified atom stereocenters. The standard InChI is InChI=1S/C26H28N6O4/c1-17-21(18(2)32(31-17)15-19-8-4-3-5-9-19)14-28-23(33)16-36-24(34)12-13-27-26(35)25-20-10-6-7-11-22(20)29-30-25/h3-11H,12-16H2,1-2H3,(H,27,35)(H,28,33)(H,29,30). The summed E-state index contributed by atoms with van der Waals surface area (Å²) < 4.78 is 6.94. The van der Waals surface area contributed by atoms with Crippen molar-refractivity contribution in [1.82, 2.24) is 30.6 Å². The summed E-state index contributed by atoms with van der Waals surface area (Å²) in [6, 6.07) is 17.3. The molecule has 0 aliphatic rings. The molecule has 3 N–H and O–H groups in total. The van der Waals surface area contributed by atoms with Gasteiger partial charge in [0.1, 0.15) is 0 Å². The Morgan fingerprint density at radius 2 is 1.75 bits per heavy atom. The number of aromatic nitrogens is 4. The van der Waals surface area contributed by atoms with Crippen LogP contribution in [0.1, 0.15) is 39.4 Å². The number of H-pyrrole nitrogens is 1. The predicted molar refractivity (Wildman–Crippen MR) is 133 cm³/mol. The van der Waals surface area contributed by atoms with Crippen molar-refractivity contribution in [1.29, 1.82) is 0 Å². The van der Waals surface area contributed by atoms with Crippen LogP contribution in [0.5, 0.6) is 0 Å². The molecule has 0 aliphatic heterocycles. The van der Waals surface area contributed by atoms with Gasteiger partial charge >= 0.3 is 5.97 Å². The summed E-state index contributed by atoms with van der Waals surface area (Å²) in [7, 11) is 0. The number of carbonyl (C=O) groups is 3. The second-order valence-electron chi connectivity index (χ2n) is 8.35. The fourth-order valence-corrected chi connectivity index (χ4v) is 3.85. The van der Waals surface area contributed by atoms with E-state index >= 15 is 0 Å². The number of nitrogens with zero attached hydrogens (tertiary/aromatic N) is 3. The Kier molecular flexibility index (Phi) is 7.74. The van der Waals surface area contributed by atoms with Crippen LogP contribution in [-0.4, -0.2) is 50.9 Å². The van der Waals surface area contributed by atoms with Crippen LogP contribution in [0.15, 0.2) is 54.6 Å². The van der Waals surface area contributed by atoms with E-state index < -0.39 is 24.4 Å². The van der Waals surface area contributed by atoms with Gasteiger partial charge < -0.3 is 15.4 Å². The number of ether oxygens (including phenoxy) is 1. The van der Waals surface area contributed by atoms with E-state index in [1.165, 1.54) is 0 Å². The summed E-state index contributed by atoms with van der Waals surface area (Å²) in [5.74, 6) is -1.39. The first kappa shape index (κ1) is 24.6. The molecule has 36 heavy (non-hydrogen) atoms. The maximum atomic E-state index is 12.3. The molecule has 2 amide bonds. The molecule has 0 fully saturated rings. The lowest BCUT2D eigenvalue weighted by molar-refractivity contribution is -0.148. The normalized spacial score (nSPS) is 10.8. The number of amides is 2. The van der Waals surface area contributed by atoms with E-state index in [4.69, 9.17) is 4.74 Å². The average molecular weight is 489 g/mol. The smallest absolute Gasteiger partial charge is 0.308 e. The maximum absolute atomic E-state index is 12.3. The van der Waals surface area contributed by atoms with E-state index in [0.717, 1.165) is 28.0 Å². The van der Waals surface area contributed by atoms with Gasteiger partial charge in [-0.05, 0) is 25.5 Å². The van der Waals surface area contributed by atoms with Gasteiger partial charge in [-0.25, -0.2) is 0 Å². The molecule has 0 radical (unpaired) electrons. The van der Waals surface area contributed by atoms with E-state index in [2.05, 4.69) is 25.9 Å². The Morgan fingerprint density at radius 1 is 1.00 bits per heavy atom. The van der Waals surface area contributed by atoms with Gasteiger partial charge in [0.2, 0.25) is 0 Å². The number of aryl methyl sites for hydroxylation is 1. The van der Waals surface area contributed by atoms with E-state index in [9.17, 15) is 14.4 Å². The molecule has 0 spiro atoms. The second kappa shape index (κ2) is 11.3. The molecule has 4 rings (SSSR count). The third-order valence-corrected chi connectivity index (χ3v) is 5.83. The van der Waals surface area contributed by atoms with Gasteiger partial charge in [0, 0.05) is 29.7 Å². The van der Waals surface area contributed by atoms with Crippen LogP contribution in [0.3, 0.4) is 0 Å². The Hall–Kier alpha value is -4.47. The Balaban J connectivity index is 1.18. The van der Waals surface area contributed by atoms with Gasteiger partial charge in [0.25, 0.3) is 11.8 Å². The first-order valence-corrected chi connectivity index (χ1v) is 11.6. The largest absolute Gasteiger partial charge is 0.456 e. The van der Waals surface area contributed by atoms with Crippen molar-refractivity contribution in [2.45, 2.75) is 33.4 Å². The molecule has 2 aromatic heterocycles. The van der Waals surface area contributed by atoms with Gasteiger partial charge in [0.15, 0.2) is 12.3 Å². The zero-order valence-corrected chi connectivity index (χ0v) is 20.2. The highest BCUT2D eigenvalue weighted by atomic mass is 16.5. The molecule has 186 valence electrons. The summed E-state index contributed by atoms with van der Waals surface area (Å²) >= 11 is 0. The van der Waals surface area contributed by atoms with Crippen LogP contribution in [0, 0.1) is 13.8 Å². The molecule has 0 atom stereocenters. The molecular formula is C26H28N6O4. The van der Waals surface area contributed by atoms with Crippen molar-refractivity contribution in [2.75, 3.05) is 13.2 Å². The maximum Gasteiger partial charge on any atom is 0.308 e. The number of benzene rings is 2. The van der Waals surface area contributed by atoms with Crippen molar-refractivity contribution in [2.24, 2.45) is 0 Å². The SMILES string of the molecule is Cc1nn(Cc2ccccc2)c(C)c1CNC(=O)COC(=O)CCNC(=O)c1n[nH]c2ccccc12. The van der Waals surface area contributed by atoms with Crippen LogP contribution in [0.2, 0.25) is 0 Å². The molecule has 0 aliphatic carbocycles. The lowest BCUT2D eigenvalue weighted by atomic mass is 10.2. The molecule has 0 bridgehead atoms. The van der Waals surface area contributed by atoms with E-state index in [1.807, 2.05) is 67.1 Å². The average Bonchev–Trinajstić information content (AvgIpc) is 3.42. The van der Waals surface area contributed by atoms with Crippen LogP contribution in [-0.2, 0) is 27.4 Å². The highest BCUT2D eigenvalue weighted by Gasteiger charge is 2.16. The molecule has 2 heterocycles. The number of carbonyl (C=O) groups excluding carboxylic acids is 3. The van der Waals surface area contributed by atoms with Crippen LogP contribution in [0.25, 0.3) is 10.9 Å². The number of aromatic amines is 1. The third kappa shape index (κ3) is 5.96. The van der Waals surface area contributed by atoms with Crippen molar-refractivity contribution >= 4 is 28.7 Å². The van der Waals surface area contributed by atoms with Crippen LogP contribution < -0.4 is 10.6 Å². The van der Waals surface area contributed by atoms with Crippen LogP contribution >= 0.6 is 0 Å². The summed E-state index contributed by atoms with van der Waals surface area (Å²) in [4.78, 5) is 36.5. The fraction of sp³-hybridized carbons (Fsp3) is 0.269. The minimum absolute atomic E-state index is 0.0636. The number of fused-ring (bicyclic) bond motifs is 1. The molecule has 10 heteroatoms. The number of esters is 1. The van der Waals surface area contributed by atoms with Crippen molar-refractivity contribution in [3.8, 4) is 0 Å². The van der Waals surface area contributed by atoms with Gasteiger partial charge in [-0.2, -0.15) is 10.2 Å². The molecule has 0 saturated heterocycles. The Morgan fingerprint density at radius 3 is 2.56 bits per heavy atom. The number of hydrogen-bond acceptors (Lipinski definition) is 6. The predicted octanol–water partition coefficient (Wildman–Crippen LogP) is 2.40. The van der Waals surface area contributed by atoms with E-state index in [-0.39, 0.29) is 25.2 Å². The Labute approximate surface area is 208 Å². The van der Waals surface area contributed by atoms with Gasteiger partial charge in [0.05, 0.1) is 24.2 Å². The number of rotatable bonds is 10. The number of hydrogen-bond donors (Lipinski definition) is 3. The molecule has 4 aromatic rings. The first-order valence-electron chi connectivity index (χ1n) is 11.6. The molecule has 2 aromatic carbocycles. The Bertz CT molecular complexity index is 1380. The topological polar surface area (TPSA) is 131 Å². The van der Waals surface area contributed by atoms with Gasteiger partial charge in [-0.3, -0.25) is 24.2 Å².